The Hall–Kier alpha value is -2.95. The molecule has 5 nitrogen and oxygen atoms in total. The summed E-state index contributed by atoms with van der Waals surface area (Å²) in [6.45, 7) is 5.49. The summed E-state index contributed by atoms with van der Waals surface area (Å²) in [7, 11) is 1.60. The molecule has 0 N–H and O–H groups in total. The van der Waals surface area contributed by atoms with Crippen LogP contribution in [0.4, 0.5) is 0 Å². The maximum absolute atomic E-state index is 12.9. The molecule has 3 aromatic rings. The lowest BCUT2D eigenvalue weighted by Crippen LogP contribution is -2.41. The molecule has 0 saturated carbocycles. The van der Waals surface area contributed by atoms with Gasteiger partial charge in [-0.2, -0.15) is 0 Å². The molecule has 1 aromatic heterocycles. The van der Waals surface area contributed by atoms with E-state index in [1.165, 1.54) is 11.1 Å². The molecular weight excluding hydrogens is 354 g/mol. The van der Waals surface area contributed by atoms with Crippen molar-refractivity contribution in [2.24, 2.45) is 0 Å². The third-order valence-corrected chi connectivity index (χ3v) is 5.45. The van der Waals surface area contributed by atoms with Crippen molar-refractivity contribution < 1.29 is 18.7 Å². The fourth-order valence-corrected chi connectivity index (χ4v) is 3.61. The normalized spacial score (nSPS) is 15.0. The number of likely N-dealkylation sites (tertiary alicyclic amines) is 1. The number of carbonyl (C=O) groups is 1. The molecule has 146 valence electrons. The molecular formula is C23H25NO4. The van der Waals surface area contributed by atoms with Gasteiger partial charge in [0.25, 0.3) is 5.91 Å². The third kappa shape index (κ3) is 3.57. The largest absolute Gasteiger partial charge is 0.493 e. The molecule has 1 saturated heterocycles. The predicted molar refractivity (Wildman–Crippen MR) is 108 cm³/mol. The zero-order valence-electron chi connectivity index (χ0n) is 16.5. The number of amides is 1. The second kappa shape index (κ2) is 7.58. The smallest absolute Gasteiger partial charge is 0.289 e. The summed E-state index contributed by atoms with van der Waals surface area (Å²) < 4.78 is 17.2. The number of piperidine rings is 1. The van der Waals surface area contributed by atoms with Crippen LogP contribution in [0.3, 0.4) is 0 Å². The van der Waals surface area contributed by atoms with Crippen LogP contribution in [-0.4, -0.2) is 37.1 Å². The Kier molecular flexibility index (Phi) is 4.99. The minimum Gasteiger partial charge on any atom is -0.493 e. The maximum Gasteiger partial charge on any atom is 0.289 e. The van der Waals surface area contributed by atoms with E-state index in [0.29, 0.717) is 30.2 Å². The van der Waals surface area contributed by atoms with Crippen LogP contribution in [0.2, 0.25) is 0 Å². The number of ether oxygens (including phenoxy) is 2. The highest BCUT2D eigenvalue weighted by Crippen LogP contribution is 2.29. The lowest BCUT2D eigenvalue weighted by Gasteiger charge is -2.31. The second-order valence-corrected chi connectivity index (χ2v) is 7.34. The molecule has 4 rings (SSSR count). The fraction of sp³-hybridized carbons (Fsp3) is 0.348. The molecule has 0 atom stereocenters. The zero-order chi connectivity index (χ0) is 19.7. The standard InChI is InChI=1S/C23H25NO4/c1-15-7-8-19(13-16(15)2)27-18-9-11-24(12-10-18)23(25)21-14-17-5-4-6-20(26-3)22(17)28-21/h4-8,13-14,18H,9-12H2,1-3H3. The van der Waals surface area contributed by atoms with Crippen molar-refractivity contribution in [3.63, 3.8) is 0 Å². The van der Waals surface area contributed by atoms with Gasteiger partial charge in [0.05, 0.1) is 7.11 Å². The molecule has 2 aromatic carbocycles. The topological polar surface area (TPSA) is 51.9 Å². The molecule has 0 bridgehead atoms. The average molecular weight is 379 g/mol. The molecule has 0 radical (unpaired) electrons. The molecule has 0 spiro atoms. The lowest BCUT2D eigenvalue weighted by molar-refractivity contribution is 0.0568. The van der Waals surface area contributed by atoms with Crippen molar-refractivity contribution in [3.05, 3.63) is 59.4 Å². The number of methoxy groups -OCH3 is 1. The first-order valence-electron chi connectivity index (χ1n) is 9.65. The van der Waals surface area contributed by atoms with E-state index < -0.39 is 0 Å². The van der Waals surface area contributed by atoms with Crippen molar-refractivity contribution in [2.45, 2.75) is 32.8 Å². The lowest BCUT2D eigenvalue weighted by atomic mass is 10.1. The van der Waals surface area contributed by atoms with E-state index >= 15 is 0 Å². The Morgan fingerprint density at radius 2 is 1.86 bits per heavy atom. The first kappa shape index (κ1) is 18.4. The SMILES string of the molecule is COc1cccc2cc(C(=O)N3CCC(Oc4ccc(C)c(C)c4)CC3)oc12. The molecule has 28 heavy (non-hydrogen) atoms. The molecule has 0 aliphatic carbocycles. The highest BCUT2D eigenvalue weighted by Gasteiger charge is 2.27. The number of fused-ring (bicyclic) bond motifs is 1. The number of para-hydroxylation sites is 1. The second-order valence-electron chi connectivity index (χ2n) is 7.34. The maximum atomic E-state index is 12.9. The molecule has 2 heterocycles. The summed E-state index contributed by atoms with van der Waals surface area (Å²) in [6.07, 6.45) is 1.74. The molecule has 5 heteroatoms. The fourth-order valence-electron chi connectivity index (χ4n) is 3.61. The minimum atomic E-state index is -0.0807. The number of aryl methyl sites for hydroxylation is 2. The number of furan rings is 1. The van der Waals surface area contributed by atoms with Crippen LogP contribution in [0.1, 0.15) is 34.5 Å². The number of nitrogens with zero attached hydrogens (tertiary/aromatic N) is 1. The predicted octanol–water partition coefficient (Wildman–Crippen LogP) is 4.74. The van der Waals surface area contributed by atoms with Gasteiger partial charge < -0.3 is 18.8 Å². The highest BCUT2D eigenvalue weighted by atomic mass is 16.5. The first-order valence-corrected chi connectivity index (χ1v) is 9.65. The van der Waals surface area contributed by atoms with Crippen LogP contribution in [0.15, 0.2) is 46.9 Å². The van der Waals surface area contributed by atoms with Gasteiger partial charge in [-0.1, -0.05) is 18.2 Å². The Balaban J connectivity index is 1.40. The van der Waals surface area contributed by atoms with Crippen LogP contribution < -0.4 is 9.47 Å². The van der Waals surface area contributed by atoms with E-state index in [9.17, 15) is 4.79 Å². The van der Waals surface area contributed by atoms with Crippen molar-refractivity contribution >= 4 is 16.9 Å². The Bertz CT molecular complexity index is 999. The van der Waals surface area contributed by atoms with Gasteiger partial charge in [-0.15, -0.1) is 0 Å². The molecule has 1 aliphatic heterocycles. The number of hydrogen-bond acceptors (Lipinski definition) is 4. The van der Waals surface area contributed by atoms with Gasteiger partial charge in [0.15, 0.2) is 17.1 Å². The van der Waals surface area contributed by atoms with E-state index in [0.717, 1.165) is 24.0 Å². The monoisotopic (exact) mass is 379 g/mol. The van der Waals surface area contributed by atoms with E-state index in [-0.39, 0.29) is 12.0 Å². The van der Waals surface area contributed by atoms with Gasteiger partial charge in [0.2, 0.25) is 0 Å². The van der Waals surface area contributed by atoms with Gasteiger partial charge >= 0.3 is 0 Å². The van der Waals surface area contributed by atoms with Gasteiger partial charge in [-0.25, -0.2) is 0 Å². The Labute approximate surface area is 164 Å². The van der Waals surface area contributed by atoms with Gasteiger partial charge in [-0.3, -0.25) is 4.79 Å². The van der Waals surface area contributed by atoms with Crippen LogP contribution in [0, 0.1) is 13.8 Å². The van der Waals surface area contributed by atoms with Crippen molar-refractivity contribution in [1.29, 1.82) is 0 Å². The number of rotatable bonds is 4. The van der Waals surface area contributed by atoms with E-state index in [4.69, 9.17) is 13.9 Å². The summed E-state index contributed by atoms with van der Waals surface area (Å²) in [5.41, 5.74) is 3.10. The number of carbonyl (C=O) groups excluding carboxylic acids is 1. The van der Waals surface area contributed by atoms with Crippen molar-refractivity contribution in [2.75, 3.05) is 20.2 Å². The van der Waals surface area contributed by atoms with Crippen LogP contribution in [-0.2, 0) is 0 Å². The van der Waals surface area contributed by atoms with Crippen LogP contribution in [0.25, 0.3) is 11.0 Å². The zero-order valence-corrected chi connectivity index (χ0v) is 16.5. The summed E-state index contributed by atoms with van der Waals surface area (Å²) in [6, 6.07) is 13.6. The number of hydrogen-bond donors (Lipinski definition) is 0. The third-order valence-electron chi connectivity index (χ3n) is 5.45. The quantitative estimate of drug-likeness (QED) is 0.657. The number of benzene rings is 2. The summed E-state index contributed by atoms with van der Waals surface area (Å²) >= 11 is 0. The minimum absolute atomic E-state index is 0.0807. The van der Waals surface area contributed by atoms with E-state index in [1.54, 1.807) is 13.2 Å². The Morgan fingerprint density at radius 1 is 1.07 bits per heavy atom. The van der Waals surface area contributed by atoms with Gasteiger partial charge in [0.1, 0.15) is 11.9 Å². The summed E-state index contributed by atoms with van der Waals surface area (Å²) in [4.78, 5) is 14.7. The van der Waals surface area contributed by atoms with E-state index in [1.807, 2.05) is 29.2 Å². The molecule has 1 amide bonds. The van der Waals surface area contributed by atoms with Gasteiger partial charge in [0, 0.05) is 31.3 Å². The van der Waals surface area contributed by atoms with Crippen LogP contribution >= 0.6 is 0 Å². The summed E-state index contributed by atoms with van der Waals surface area (Å²) in [5.74, 6) is 1.81. The van der Waals surface area contributed by atoms with Crippen molar-refractivity contribution in [3.8, 4) is 11.5 Å². The average Bonchev–Trinajstić information content (AvgIpc) is 3.15. The first-order chi connectivity index (χ1) is 13.5. The molecule has 1 aliphatic rings. The van der Waals surface area contributed by atoms with Gasteiger partial charge in [-0.05, 0) is 49.2 Å². The van der Waals surface area contributed by atoms with Crippen molar-refractivity contribution in [1.82, 2.24) is 4.90 Å². The highest BCUT2D eigenvalue weighted by molar-refractivity contribution is 5.97. The molecule has 0 unspecified atom stereocenters. The van der Waals surface area contributed by atoms with E-state index in [2.05, 4.69) is 26.0 Å². The Morgan fingerprint density at radius 3 is 2.57 bits per heavy atom. The molecule has 1 fully saturated rings. The van der Waals surface area contributed by atoms with Crippen LogP contribution in [0.5, 0.6) is 11.5 Å². The summed E-state index contributed by atoms with van der Waals surface area (Å²) in [5, 5.41) is 0.871.